The monoisotopic (exact) mass is 408 g/mol. The van der Waals surface area contributed by atoms with E-state index in [1.807, 2.05) is 12.1 Å². The number of nitrogen functional groups attached to an aromatic ring is 1. The minimum atomic E-state index is -4.62. The van der Waals surface area contributed by atoms with Gasteiger partial charge in [-0.1, -0.05) is 24.3 Å². The third-order valence-electron chi connectivity index (χ3n) is 5.70. The third kappa shape index (κ3) is 4.31. The number of fused-ring (bicyclic) bond motifs is 1. The van der Waals surface area contributed by atoms with Crippen LogP contribution in [0.1, 0.15) is 42.5 Å². The maximum absolute atomic E-state index is 13.9. The molecule has 0 atom stereocenters. The molecule has 0 aromatic heterocycles. The van der Waals surface area contributed by atoms with E-state index in [0.29, 0.717) is 0 Å². The number of methoxy groups -OCH3 is 1. The van der Waals surface area contributed by atoms with Crippen LogP contribution in [0.4, 0.5) is 18.9 Å². The molecule has 0 bridgehead atoms. The number of nitrogens with one attached hydrogen (secondary N) is 1. The third-order valence-corrected chi connectivity index (χ3v) is 5.70. The summed E-state index contributed by atoms with van der Waals surface area (Å²) in [4.78, 5) is 24.2. The zero-order chi connectivity index (χ0) is 21.2. The Morgan fingerprint density at radius 2 is 1.76 bits per heavy atom. The lowest BCUT2D eigenvalue weighted by Crippen LogP contribution is -2.60. The molecule has 2 aromatic carbocycles. The summed E-state index contributed by atoms with van der Waals surface area (Å²) in [6, 6.07) is 10.3. The number of anilines is 1. The van der Waals surface area contributed by atoms with E-state index in [2.05, 4.69) is 10.1 Å². The number of nitrogens with two attached hydrogens (primary N) is 1. The highest BCUT2D eigenvalue weighted by molar-refractivity contribution is 6.04. The summed E-state index contributed by atoms with van der Waals surface area (Å²) in [6.45, 7) is 0. The fraction of sp³-hybridized carbons (Fsp3) is 0.429. The van der Waals surface area contributed by atoms with Gasteiger partial charge in [0.1, 0.15) is 5.54 Å². The molecule has 1 amide bonds. The fourth-order valence-corrected chi connectivity index (χ4v) is 3.91. The normalized spacial score (nSPS) is 22.3. The predicted octanol–water partition coefficient (Wildman–Crippen LogP) is 4.21. The highest BCUT2D eigenvalue weighted by atomic mass is 19.4. The van der Waals surface area contributed by atoms with Crippen molar-refractivity contribution in [2.24, 2.45) is 5.92 Å². The molecule has 8 heteroatoms. The lowest BCUT2D eigenvalue weighted by Gasteiger charge is -2.41. The summed E-state index contributed by atoms with van der Waals surface area (Å²) in [5.74, 6) is -1.49. The number of halogens is 3. The molecule has 1 fully saturated rings. The van der Waals surface area contributed by atoms with Crippen molar-refractivity contribution in [3.05, 3.63) is 42.0 Å². The molecule has 29 heavy (non-hydrogen) atoms. The Bertz CT molecular complexity index is 919. The van der Waals surface area contributed by atoms with Crippen LogP contribution >= 0.6 is 0 Å². The summed E-state index contributed by atoms with van der Waals surface area (Å²) in [5.41, 5.74) is 3.75. The van der Waals surface area contributed by atoms with Gasteiger partial charge >= 0.3 is 12.1 Å². The minimum absolute atomic E-state index is 0.0176. The quantitative estimate of drug-likeness (QED) is 0.587. The summed E-state index contributed by atoms with van der Waals surface area (Å²) < 4.78 is 46.4. The second-order valence-corrected chi connectivity index (χ2v) is 7.54. The molecule has 3 N–H and O–H groups in total. The molecule has 3 rings (SSSR count). The summed E-state index contributed by atoms with van der Waals surface area (Å²) >= 11 is 0. The molecule has 156 valence electrons. The lowest BCUT2D eigenvalue weighted by atomic mass is 9.74. The van der Waals surface area contributed by atoms with Crippen LogP contribution in [-0.2, 0) is 9.53 Å². The SMILES string of the molecule is COC(=O)CC1CCC(NC(=O)c2cc3ccccc3cc2N)(C(F)(F)F)CC1. The molecule has 1 aliphatic carbocycles. The number of alkyl halides is 3. The standard InChI is InChI=1S/C21H23F3N2O3/c1-29-18(27)10-13-6-8-20(9-7-13,21(22,23)24)26-19(28)16-11-14-4-2-3-5-15(14)12-17(16)25/h2-5,11-13H,6-10,25H2,1H3,(H,26,28). The van der Waals surface area contributed by atoms with Crippen molar-refractivity contribution in [2.75, 3.05) is 12.8 Å². The summed E-state index contributed by atoms with van der Waals surface area (Å²) in [5, 5.41) is 3.74. The Morgan fingerprint density at radius 3 is 2.31 bits per heavy atom. The van der Waals surface area contributed by atoms with E-state index in [1.54, 1.807) is 18.2 Å². The first-order valence-electron chi connectivity index (χ1n) is 9.39. The zero-order valence-electron chi connectivity index (χ0n) is 16.0. The number of amides is 1. The number of ether oxygens (including phenoxy) is 1. The van der Waals surface area contributed by atoms with Crippen molar-refractivity contribution < 1.29 is 27.5 Å². The molecular formula is C21H23F3N2O3. The number of carbonyl (C=O) groups is 2. The number of benzene rings is 2. The Kier molecular flexibility index (Phi) is 5.73. The van der Waals surface area contributed by atoms with Crippen molar-refractivity contribution in [3.63, 3.8) is 0 Å². The predicted molar refractivity (Wildman–Crippen MR) is 103 cm³/mol. The number of carbonyl (C=O) groups excluding carboxylic acids is 2. The zero-order valence-corrected chi connectivity index (χ0v) is 16.0. The molecule has 0 radical (unpaired) electrons. The average Bonchev–Trinajstić information content (AvgIpc) is 2.68. The number of hydrogen-bond acceptors (Lipinski definition) is 4. The van der Waals surface area contributed by atoms with Gasteiger partial charge in [-0.2, -0.15) is 13.2 Å². The highest BCUT2D eigenvalue weighted by Gasteiger charge is 2.56. The van der Waals surface area contributed by atoms with Crippen molar-refractivity contribution in [1.29, 1.82) is 0 Å². The Labute approximate surface area is 166 Å². The van der Waals surface area contributed by atoms with Gasteiger partial charge in [0.15, 0.2) is 0 Å². The topological polar surface area (TPSA) is 81.4 Å². The van der Waals surface area contributed by atoms with E-state index >= 15 is 0 Å². The summed E-state index contributed by atoms with van der Waals surface area (Å²) in [7, 11) is 1.25. The van der Waals surface area contributed by atoms with Gasteiger partial charge in [0.2, 0.25) is 0 Å². The van der Waals surface area contributed by atoms with Crippen LogP contribution in [0.15, 0.2) is 36.4 Å². The van der Waals surface area contributed by atoms with E-state index in [-0.39, 0.29) is 49.3 Å². The van der Waals surface area contributed by atoms with E-state index in [4.69, 9.17) is 5.73 Å². The molecule has 2 aromatic rings. The van der Waals surface area contributed by atoms with Crippen LogP contribution in [0, 0.1) is 5.92 Å². The Balaban J connectivity index is 1.82. The van der Waals surface area contributed by atoms with Crippen LogP contribution in [0.5, 0.6) is 0 Å². The minimum Gasteiger partial charge on any atom is -0.469 e. The molecule has 5 nitrogen and oxygen atoms in total. The van der Waals surface area contributed by atoms with Gasteiger partial charge in [-0.25, -0.2) is 0 Å². The van der Waals surface area contributed by atoms with Gasteiger partial charge in [0, 0.05) is 12.1 Å². The van der Waals surface area contributed by atoms with Crippen molar-refractivity contribution in [1.82, 2.24) is 5.32 Å². The van der Waals surface area contributed by atoms with E-state index in [9.17, 15) is 22.8 Å². The van der Waals surface area contributed by atoms with Gasteiger partial charge in [0.25, 0.3) is 5.91 Å². The largest absolute Gasteiger partial charge is 0.469 e. The van der Waals surface area contributed by atoms with Gasteiger partial charge in [-0.3, -0.25) is 9.59 Å². The van der Waals surface area contributed by atoms with Crippen LogP contribution < -0.4 is 11.1 Å². The molecule has 1 saturated carbocycles. The maximum atomic E-state index is 13.9. The molecule has 0 saturated heterocycles. The van der Waals surface area contributed by atoms with E-state index in [1.165, 1.54) is 13.2 Å². The van der Waals surface area contributed by atoms with Gasteiger partial charge in [0.05, 0.1) is 12.7 Å². The van der Waals surface area contributed by atoms with E-state index < -0.39 is 23.6 Å². The first kappa shape index (κ1) is 21.0. The molecule has 1 aliphatic rings. The molecule has 0 heterocycles. The Morgan fingerprint density at radius 1 is 1.17 bits per heavy atom. The van der Waals surface area contributed by atoms with Gasteiger partial charge < -0.3 is 15.8 Å². The van der Waals surface area contributed by atoms with Crippen molar-refractivity contribution in [3.8, 4) is 0 Å². The average molecular weight is 408 g/mol. The first-order valence-corrected chi connectivity index (χ1v) is 9.39. The lowest BCUT2D eigenvalue weighted by molar-refractivity contribution is -0.204. The van der Waals surface area contributed by atoms with Crippen molar-refractivity contribution >= 4 is 28.3 Å². The molecule has 0 aliphatic heterocycles. The fourth-order valence-electron chi connectivity index (χ4n) is 3.91. The first-order chi connectivity index (χ1) is 13.6. The number of esters is 1. The van der Waals surface area contributed by atoms with Crippen LogP contribution in [0.25, 0.3) is 10.8 Å². The van der Waals surface area contributed by atoms with Gasteiger partial charge in [-0.05, 0) is 54.5 Å². The van der Waals surface area contributed by atoms with E-state index in [0.717, 1.165) is 10.8 Å². The maximum Gasteiger partial charge on any atom is 0.411 e. The highest BCUT2D eigenvalue weighted by Crippen LogP contribution is 2.44. The summed E-state index contributed by atoms with van der Waals surface area (Å²) in [6.07, 6.45) is -4.79. The van der Waals surface area contributed by atoms with Crippen LogP contribution in [0.2, 0.25) is 0 Å². The number of hydrogen-bond donors (Lipinski definition) is 2. The van der Waals surface area contributed by atoms with Crippen LogP contribution in [-0.4, -0.2) is 30.7 Å². The smallest absolute Gasteiger partial charge is 0.411 e. The Hall–Kier alpha value is -2.77. The molecule has 0 unspecified atom stereocenters. The number of rotatable bonds is 4. The van der Waals surface area contributed by atoms with Crippen LogP contribution in [0.3, 0.4) is 0 Å². The second kappa shape index (κ2) is 7.93. The second-order valence-electron chi connectivity index (χ2n) is 7.54. The molecular weight excluding hydrogens is 385 g/mol. The molecule has 0 spiro atoms. The van der Waals surface area contributed by atoms with Gasteiger partial charge in [-0.15, -0.1) is 0 Å². The van der Waals surface area contributed by atoms with Crippen molar-refractivity contribution in [2.45, 2.75) is 43.8 Å².